The highest BCUT2D eigenvalue weighted by Gasteiger charge is 2.22. The fourth-order valence-corrected chi connectivity index (χ4v) is 2.58. The lowest BCUT2D eigenvalue weighted by atomic mass is 10.1. The Labute approximate surface area is 174 Å². The Morgan fingerprint density at radius 2 is 2.17 bits per heavy atom. The van der Waals surface area contributed by atoms with Crippen LogP contribution in [0.3, 0.4) is 0 Å². The zero-order valence-corrected chi connectivity index (χ0v) is 17.0. The first kappa shape index (κ1) is 21.8. The molecule has 29 heavy (non-hydrogen) atoms. The Balaban J connectivity index is 2.22. The van der Waals surface area contributed by atoms with Crippen molar-refractivity contribution in [2.75, 3.05) is 13.7 Å². The first-order valence-electron chi connectivity index (χ1n) is 8.67. The first-order chi connectivity index (χ1) is 13.9. The van der Waals surface area contributed by atoms with Gasteiger partial charge in [-0.3, -0.25) is 15.5 Å². The van der Waals surface area contributed by atoms with Crippen molar-refractivity contribution in [2.45, 2.75) is 13.5 Å². The Bertz CT molecular complexity index is 931. The minimum absolute atomic E-state index is 0.0623. The third-order valence-electron chi connectivity index (χ3n) is 3.73. The van der Waals surface area contributed by atoms with Gasteiger partial charge in [-0.15, -0.1) is 6.58 Å². The molecule has 0 aliphatic carbocycles. The first-order valence-corrected chi connectivity index (χ1v) is 9.08. The quantitative estimate of drug-likeness (QED) is 0.213. The fourth-order valence-electron chi connectivity index (χ4n) is 2.44. The Kier molecular flexibility index (Phi) is 8.11. The Hall–Kier alpha value is -3.46. The number of nitrogens with one attached hydrogen (secondary N) is 2. The molecule has 0 spiro atoms. The molecule has 0 fully saturated rings. The molecule has 0 bridgehead atoms. The highest BCUT2D eigenvalue weighted by molar-refractivity contribution is 7.80. The number of methoxy groups -OCH3 is 1. The summed E-state index contributed by atoms with van der Waals surface area (Å²) >= 11 is 5.02. The van der Waals surface area contributed by atoms with Crippen molar-refractivity contribution in [3.05, 3.63) is 75.9 Å². The Morgan fingerprint density at radius 1 is 1.38 bits per heavy atom. The zero-order chi connectivity index (χ0) is 21.2. The van der Waals surface area contributed by atoms with Crippen LogP contribution in [-0.4, -0.2) is 29.9 Å². The third-order valence-corrected chi connectivity index (χ3v) is 3.96. The SMILES string of the molecule is C=CCNC(=S)N/N=C/c1cc(OC)c(OCc2cccc(C)c2)c([N+](=O)[O-])c1. The molecule has 0 amide bonds. The third kappa shape index (κ3) is 6.58. The summed E-state index contributed by atoms with van der Waals surface area (Å²) in [5, 5.41) is 18.7. The summed E-state index contributed by atoms with van der Waals surface area (Å²) in [5.74, 6) is 0.299. The molecule has 2 aromatic rings. The van der Waals surface area contributed by atoms with E-state index in [1.165, 1.54) is 19.4 Å². The average molecular weight is 414 g/mol. The molecule has 9 heteroatoms. The van der Waals surface area contributed by atoms with E-state index < -0.39 is 4.92 Å². The summed E-state index contributed by atoms with van der Waals surface area (Å²) in [7, 11) is 1.42. The van der Waals surface area contributed by atoms with Gasteiger partial charge in [-0.2, -0.15) is 5.10 Å². The van der Waals surface area contributed by atoms with E-state index in [4.69, 9.17) is 21.7 Å². The van der Waals surface area contributed by atoms with Gasteiger partial charge in [0.05, 0.1) is 18.2 Å². The predicted molar refractivity (Wildman–Crippen MR) is 117 cm³/mol. The van der Waals surface area contributed by atoms with E-state index in [1.54, 1.807) is 12.1 Å². The van der Waals surface area contributed by atoms with Gasteiger partial charge >= 0.3 is 5.69 Å². The van der Waals surface area contributed by atoms with Crippen molar-refractivity contribution in [1.29, 1.82) is 0 Å². The molecule has 0 aliphatic heterocycles. The minimum Gasteiger partial charge on any atom is -0.493 e. The largest absolute Gasteiger partial charge is 0.493 e. The van der Waals surface area contributed by atoms with E-state index in [9.17, 15) is 10.1 Å². The number of nitro benzene ring substituents is 1. The summed E-state index contributed by atoms with van der Waals surface area (Å²) in [4.78, 5) is 11.1. The second-order valence-corrected chi connectivity index (χ2v) is 6.38. The number of hydrazone groups is 1. The number of rotatable bonds is 9. The number of thiocarbonyl (C=S) groups is 1. The van der Waals surface area contributed by atoms with Crippen molar-refractivity contribution < 1.29 is 14.4 Å². The zero-order valence-electron chi connectivity index (χ0n) is 16.2. The summed E-state index contributed by atoms with van der Waals surface area (Å²) in [6.07, 6.45) is 3.06. The highest BCUT2D eigenvalue weighted by atomic mass is 32.1. The van der Waals surface area contributed by atoms with Crippen LogP contribution in [0.5, 0.6) is 11.5 Å². The highest BCUT2D eigenvalue weighted by Crippen LogP contribution is 2.38. The van der Waals surface area contributed by atoms with E-state index in [2.05, 4.69) is 22.4 Å². The molecule has 0 unspecified atom stereocenters. The van der Waals surface area contributed by atoms with Crippen LogP contribution in [0.15, 0.2) is 54.2 Å². The van der Waals surface area contributed by atoms with E-state index in [0.717, 1.165) is 11.1 Å². The topological polar surface area (TPSA) is 98.0 Å². The molecule has 2 rings (SSSR count). The van der Waals surface area contributed by atoms with Crippen molar-refractivity contribution in [2.24, 2.45) is 5.10 Å². The van der Waals surface area contributed by atoms with Crippen LogP contribution in [-0.2, 0) is 6.61 Å². The molecule has 0 saturated heterocycles. The van der Waals surface area contributed by atoms with Gasteiger partial charge in [-0.1, -0.05) is 35.9 Å². The molecule has 152 valence electrons. The smallest absolute Gasteiger partial charge is 0.315 e. The molecule has 2 N–H and O–H groups in total. The lowest BCUT2D eigenvalue weighted by Gasteiger charge is -2.12. The molecule has 0 radical (unpaired) electrons. The molecular formula is C20H22N4O4S. The molecule has 0 aliphatic rings. The summed E-state index contributed by atoms with van der Waals surface area (Å²) < 4.78 is 11.0. The standard InChI is InChI=1S/C20H22N4O4S/c1-4-8-21-20(29)23-22-12-16-10-17(24(25)26)19(18(11-16)27-3)28-13-15-7-5-6-14(2)9-15/h4-7,9-12H,1,8,13H2,2-3H3,(H2,21,23,29)/b22-12+. The van der Waals surface area contributed by atoms with Crippen LogP contribution in [0, 0.1) is 17.0 Å². The van der Waals surface area contributed by atoms with E-state index in [1.807, 2.05) is 31.2 Å². The Morgan fingerprint density at radius 3 is 2.83 bits per heavy atom. The van der Waals surface area contributed by atoms with Crippen LogP contribution >= 0.6 is 12.2 Å². The van der Waals surface area contributed by atoms with Gasteiger partial charge in [0.2, 0.25) is 5.75 Å². The van der Waals surface area contributed by atoms with Gasteiger partial charge in [-0.25, -0.2) is 0 Å². The normalized spacial score (nSPS) is 10.4. The number of aryl methyl sites for hydroxylation is 1. The fraction of sp³-hybridized carbons (Fsp3) is 0.200. The molecule has 2 aromatic carbocycles. The van der Waals surface area contributed by atoms with E-state index in [-0.39, 0.29) is 23.8 Å². The van der Waals surface area contributed by atoms with Crippen LogP contribution in [0.25, 0.3) is 0 Å². The van der Waals surface area contributed by atoms with Crippen molar-refractivity contribution >= 4 is 29.2 Å². The van der Waals surface area contributed by atoms with Gasteiger partial charge in [0.1, 0.15) is 6.61 Å². The van der Waals surface area contributed by atoms with Crippen LogP contribution < -0.4 is 20.2 Å². The monoisotopic (exact) mass is 414 g/mol. The summed E-state index contributed by atoms with van der Waals surface area (Å²) in [6.45, 7) is 6.21. The van der Waals surface area contributed by atoms with Crippen molar-refractivity contribution in [1.82, 2.24) is 10.7 Å². The minimum atomic E-state index is -0.519. The second kappa shape index (κ2) is 10.8. The van der Waals surface area contributed by atoms with Gasteiger partial charge < -0.3 is 14.8 Å². The average Bonchev–Trinajstić information content (AvgIpc) is 2.70. The molecule has 0 heterocycles. The number of benzene rings is 2. The molecule has 0 aromatic heterocycles. The van der Waals surface area contributed by atoms with Gasteiger partial charge in [0.25, 0.3) is 0 Å². The van der Waals surface area contributed by atoms with E-state index >= 15 is 0 Å². The predicted octanol–water partition coefficient (Wildman–Crippen LogP) is 3.47. The van der Waals surface area contributed by atoms with Gasteiger partial charge in [0.15, 0.2) is 10.9 Å². The number of ether oxygens (including phenoxy) is 2. The van der Waals surface area contributed by atoms with Gasteiger partial charge in [0, 0.05) is 18.2 Å². The maximum Gasteiger partial charge on any atom is 0.315 e. The van der Waals surface area contributed by atoms with E-state index in [0.29, 0.717) is 17.2 Å². The van der Waals surface area contributed by atoms with Crippen molar-refractivity contribution in [3.8, 4) is 11.5 Å². The molecular weight excluding hydrogens is 392 g/mol. The number of hydrogen-bond donors (Lipinski definition) is 2. The maximum absolute atomic E-state index is 11.6. The van der Waals surface area contributed by atoms with Crippen molar-refractivity contribution in [3.63, 3.8) is 0 Å². The number of nitro groups is 1. The number of nitrogens with zero attached hydrogens (tertiary/aromatic N) is 2. The summed E-state index contributed by atoms with van der Waals surface area (Å²) in [5.41, 5.74) is 4.83. The maximum atomic E-state index is 11.6. The molecule has 8 nitrogen and oxygen atoms in total. The summed E-state index contributed by atoms with van der Waals surface area (Å²) in [6, 6.07) is 10.7. The second-order valence-electron chi connectivity index (χ2n) is 5.97. The molecule has 0 atom stereocenters. The lowest BCUT2D eigenvalue weighted by Crippen LogP contribution is -2.31. The van der Waals surface area contributed by atoms with Crippen LogP contribution in [0.2, 0.25) is 0 Å². The molecule has 0 saturated carbocycles. The number of hydrogen-bond acceptors (Lipinski definition) is 6. The van der Waals surface area contributed by atoms with Crippen LogP contribution in [0.1, 0.15) is 16.7 Å². The van der Waals surface area contributed by atoms with Crippen LogP contribution in [0.4, 0.5) is 5.69 Å². The van der Waals surface area contributed by atoms with Gasteiger partial charge in [-0.05, 0) is 30.8 Å². The lowest BCUT2D eigenvalue weighted by molar-refractivity contribution is -0.386.